The van der Waals surface area contributed by atoms with Crippen LogP contribution in [0.15, 0.2) is 48.5 Å². The highest BCUT2D eigenvalue weighted by Gasteiger charge is 2.39. The van der Waals surface area contributed by atoms with Gasteiger partial charge in [-0.1, -0.05) is 48.5 Å². The smallest absolute Gasteiger partial charge is 0.258 e. The van der Waals surface area contributed by atoms with Crippen LogP contribution in [0.4, 0.5) is 0 Å². The summed E-state index contributed by atoms with van der Waals surface area (Å²) in [6, 6.07) is 16.2. The molecule has 3 nitrogen and oxygen atoms in total. The molecule has 120 valence electrons. The molecule has 1 saturated carbocycles. The second kappa shape index (κ2) is 6.45. The molecule has 0 heterocycles. The lowest BCUT2D eigenvalue weighted by Gasteiger charge is -2.43. The SMILES string of the molecule is Cc1cccc(C)c1OCC(=O)NC1(c2ccccc2)CCC1. The van der Waals surface area contributed by atoms with E-state index in [4.69, 9.17) is 4.74 Å². The van der Waals surface area contributed by atoms with Gasteiger partial charge in [0.15, 0.2) is 6.61 Å². The fraction of sp³-hybridized carbons (Fsp3) is 0.350. The molecule has 0 bridgehead atoms. The van der Waals surface area contributed by atoms with Crippen LogP contribution in [0.1, 0.15) is 36.0 Å². The zero-order chi connectivity index (χ0) is 16.3. The van der Waals surface area contributed by atoms with Gasteiger partial charge in [-0.15, -0.1) is 0 Å². The Bertz CT molecular complexity index is 670. The quantitative estimate of drug-likeness (QED) is 0.910. The van der Waals surface area contributed by atoms with E-state index in [1.54, 1.807) is 0 Å². The minimum atomic E-state index is -0.206. The second-order valence-corrected chi connectivity index (χ2v) is 6.36. The molecule has 2 aromatic rings. The molecule has 0 spiro atoms. The summed E-state index contributed by atoms with van der Waals surface area (Å²) < 4.78 is 5.77. The molecule has 1 N–H and O–H groups in total. The summed E-state index contributed by atoms with van der Waals surface area (Å²) >= 11 is 0. The summed E-state index contributed by atoms with van der Waals surface area (Å²) in [5.74, 6) is 0.751. The second-order valence-electron chi connectivity index (χ2n) is 6.36. The summed E-state index contributed by atoms with van der Waals surface area (Å²) in [6.07, 6.45) is 3.13. The van der Waals surface area contributed by atoms with E-state index in [9.17, 15) is 4.79 Å². The minimum Gasteiger partial charge on any atom is -0.483 e. The topological polar surface area (TPSA) is 38.3 Å². The van der Waals surface area contributed by atoms with Crippen molar-refractivity contribution in [2.75, 3.05) is 6.61 Å². The summed E-state index contributed by atoms with van der Waals surface area (Å²) in [6.45, 7) is 4.05. The van der Waals surface area contributed by atoms with E-state index in [2.05, 4.69) is 17.4 Å². The molecular weight excluding hydrogens is 286 g/mol. The van der Waals surface area contributed by atoms with Crippen molar-refractivity contribution >= 4 is 5.91 Å². The highest BCUT2D eigenvalue weighted by Crippen LogP contribution is 2.41. The highest BCUT2D eigenvalue weighted by atomic mass is 16.5. The van der Waals surface area contributed by atoms with Gasteiger partial charge < -0.3 is 10.1 Å². The molecule has 0 aliphatic heterocycles. The largest absolute Gasteiger partial charge is 0.483 e. The lowest BCUT2D eigenvalue weighted by atomic mass is 9.72. The van der Waals surface area contributed by atoms with E-state index >= 15 is 0 Å². The van der Waals surface area contributed by atoms with E-state index in [1.165, 1.54) is 5.56 Å². The van der Waals surface area contributed by atoms with Gasteiger partial charge in [0.1, 0.15) is 5.75 Å². The van der Waals surface area contributed by atoms with Crippen molar-refractivity contribution in [2.45, 2.75) is 38.6 Å². The average molecular weight is 309 g/mol. The maximum atomic E-state index is 12.4. The van der Waals surface area contributed by atoms with Crippen molar-refractivity contribution in [3.8, 4) is 5.75 Å². The van der Waals surface area contributed by atoms with E-state index < -0.39 is 0 Å². The van der Waals surface area contributed by atoms with Gasteiger partial charge in [0, 0.05) is 0 Å². The number of aryl methyl sites for hydroxylation is 2. The van der Waals surface area contributed by atoms with E-state index in [-0.39, 0.29) is 18.1 Å². The Morgan fingerprint density at radius 2 is 1.70 bits per heavy atom. The lowest BCUT2D eigenvalue weighted by molar-refractivity contribution is -0.126. The van der Waals surface area contributed by atoms with Crippen LogP contribution >= 0.6 is 0 Å². The van der Waals surface area contributed by atoms with E-state index in [0.717, 1.165) is 36.1 Å². The molecule has 0 aromatic heterocycles. The number of carbonyl (C=O) groups is 1. The molecule has 3 heteroatoms. The number of nitrogens with one attached hydrogen (secondary N) is 1. The number of ether oxygens (including phenoxy) is 1. The molecular formula is C20H23NO2. The molecule has 0 saturated heterocycles. The molecule has 0 radical (unpaired) electrons. The Morgan fingerprint density at radius 1 is 1.04 bits per heavy atom. The number of rotatable bonds is 5. The number of benzene rings is 2. The number of carbonyl (C=O) groups excluding carboxylic acids is 1. The third-order valence-corrected chi connectivity index (χ3v) is 4.67. The van der Waals surface area contributed by atoms with E-state index in [0.29, 0.717) is 0 Å². The molecule has 3 rings (SSSR count). The fourth-order valence-corrected chi connectivity index (χ4v) is 3.24. The molecule has 2 aromatic carbocycles. The number of hydrogen-bond acceptors (Lipinski definition) is 2. The van der Waals surface area contributed by atoms with Gasteiger partial charge in [0.05, 0.1) is 5.54 Å². The zero-order valence-electron chi connectivity index (χ0n) is 13.8. The standard InChI is InChI=1S/C20H23NO2/c1-15-8-6-9-16(2)19(15)23-14-18(22)21-20(12-7-13-20)17-10-4-3-5-11-17/h3-6,8-11H,7,12-14H2,1-2H3,(H,21,22). The third kappa shape index (κ3) is 3.24. The molecule has 1 fully saturated rings. The maximum absolute atomic E-state index is 12.4. The first-order valence-electron chi connectivity index (χ1n) is 8.16. The van der Waals surface area contributed by atoms with Crippen LogP contribution in [0, 0.1) is 13.8 Å². The Morgan fingerprint density at radius 3 is 2.26 bits per heavy atom. The van der Waals surface area contributed by atoms with Crippen molar-refractivity contribution in [2.24, 2.45) is 0 Å². The average Bonchev–Trinajstić information content (AvgIpc) is 2.51. The number of amides is 1. The van der Waals surface area contributed by atoms with Crippen LogP contribution in [-0.4, -0.2) is 12.5 Å². The predicted molar refractivity (Wildman–Crippen MR) is 91.5 cm³/mol. The Hall–Kier alpha value is -2.29. The summed E-state index contributed by atoms with van der Waals surface area (Å²) in [4.78, 5) is 12.4. The molecule has 0 atom stereocenters. The minimum absolute atomic E-state index is 0.0558. The zero-order valence-corrected chi connectivity index (χ0v) is 13.8. The Balaban J connectivity index is 1.65. The third-order valence-electron chi connectivity index (χ3n) is 4.67. The van der Waals surface area contributed by atoms with Gasteiger partial charge in [-0.05, 0) is 49.8 Å². The fourth-order valence-electron chi connectivity index (χ4n) is 3.24. The van der Waals surface area contributed by atoms with Crippen LogP contribution in [0.25, 0.3) is 0 Å². The van der Waals surface area contributed by atoms with Gasteiger partial charge in [-0.2, -0.15) is 0 Å². The highest BCUT2D eigenvalue weighted by molar-refractivity contribution is 5.79. The molecule has 0 unspecified atom stereocenters. The van der Waals surface area contributed by atoms with Gasteiger partial charge >= 0.3 is 0 Å². The van der Waals surface area contributed by atoms with Gasteiger partial charge in [-0.25, -0.2) is 0 Å². The van der Waals surface area contributed by atoms with Crippen molar-refractivity contribution in [1.82, 2.24) is 5.32 Å². The lowest BCUT2D eigenvalue weighted by Crippen LogP contribution is -2.52. The Labute approximate surface area is 137 Å². The predicted octanol–water partition coefficient (Wildman–Crippen LogP) is 3.88. The molecule has 1 amide bonds. The maximum Gasteiger partial charge on any atom is 0.258 e. The van der Waals surface area contributed by atoms with Gasteiger partial charge in [0.2, 0.25) is 0 Å². The summed E-state index contributed by atoms with van der Waals surface area (Å²) in [5.41, 5.74) is 3.09. The van der Waals surface area contributed by atoms with Gasteiger partial charge in [-0.3, -0.25) is 4.79 Å². The molecule has 1 aliphatic carbocycles. The Kier molecular flexibility index (Phi) is 4.37. The number of hydrogen-bond donors (Lipinski definition) is 1. The first-order valence-corrected chi connectivity index (χ1v) is 8.16. The normalized spacial score (nSPS) is 15.6. The van der Waals surface area contributed by atoms with Crippen LogP contribution in [0.3, 0.4) is 0 Å². The van der Waals surface area contributed by atoms with Crippen molar-refractivity contribution in [3.63, 3.8) is 0 Å². The van der Waals surface area contributed by atoms with Crippen molar-refractivity contribution in [1.29, 1.82) is 0 Å². The number of para-hydroxylation sites is 1. The summed E-state index contributed by atoms with van der Waals surface area (Å²) in [7, 11) is 0. The summed E-state index contributed by atoms with van der Waals surface area (Å²) in [5, 5.41) is 3.19. The van der Waals surface area contributed by atoms with Crippen molar-refractivity contribution < 1.29 is 9.53 Å². The molecule has 1 aliphatic rings. The van der Waals surface area contributed by atoms with Crippen LogP contribution < -0.4 is 10.1 Å². The van der Waals surface area contributed by atoms with Crippen molar-refractivity contribution in [3.05, 3.63) is 65.2 Å². The van der Waals surface area contributed by atoms with E-state index in [1.807, 2.05) is 50.2 Å². The first kappa shape index (κ1) is 15.6. The van der Waals surface area contributed by atoms with Crippen LogP contribution in [0.2, 0.25) is 0 Å². The monoisotopic (exact) mass is 309 g/mol. The first-order chi connectivity index (χ1) is 11.1. The molecule has 23 heavy (non-hydrogen) atoms. The van der Waals surface area contributed by atoms with Crippen LogP contribution in [0.5, 0.6) is 5.75 Å². The van der Waals surface area contributed by atoms with Gasteiger partial charge in [0.25, 0.3) is 5.91 Å². The van der Waals surface area contributed by atoms with Crippen LogP contribution in [-0.2, 0) is 10.3 Å².